The summed E-state index contributed by atoms with van der Waals surface area (Å²) in [5.41, 5.74) is -3.79. The molecule has 0 aromatic carbocycles. The zero-order valence-electron chi connectivity index (χ0n) is 15.3. The van der Waals surface area contributed by atoms with Crippen molar-refractivity contribution in [1.82, 2.24) is 0 Å². The van der Waals surface area contributed by atoms with Crippen LogP contribution in [0, 0.1) is 0 Å². The highest BCUT2D eigenvalue weighted by molar-refractivity contribution is 7.74. The normalized spacial score (nSPS) is 32.8. The van der Waals surface area contributed by atoms with Crippen molar-refractivity contribution in [1.29, 1.82) is 0 Å². The van der Waals surface area contributed by atoms with E-state index in [2.05, 4.69) is 0 Å². The molecule has 0 amide bonds. The summed E-state index contributed by atoms with van der Waals surface area (Å²) in [7, 11) is -8.40. The van der Waals surface area contributed by atoms with Crippen LogP contribution in [0.4, 0.5) is 0 Å². The van der Waals surface area contributed by atoms with Gasteiger partial charge in [-0.3, -0.25) is 27.2 Å². The van der Waals surface area contributed by atoms with E-state index in [0.29, 0.717) is 0 Å². The number of aliphatic hydroxyl groups is 1. The van der Waals surface area contributed by atoms with Crippen molar-refractivity contribution in [2.45, 2.75) is 89.8 Å². The minimum atomic E-state index is -4.20. The molecule has 2 saturated heterocycles. The molecule has 2 heterocycles. The molecule has 0 aromatic heterocycles. The van der Waals surface area contributed by atoms with E-state index in [4.69, 9.17) is 18.1 Å². The van der Waals surface area contributed by atoms with Crippen LogP contribution >= 0.6 is 15.2 Å². The Morgan fingerprint density at radius 2 is 0.826 bits per heavy atom. The minimum absolute atomic E-state index is 0.948. The monoisotopic (exact) mass is 370 g/mol. The van der Waals surface area contributed by atoms with E-state index in [1.54, 1.807) is 55.4 Å². The molecule has 2 aliphatic heterocycles. The summed E-state index contributed by atoms with van der Waals surface area (Å²) in [5.74, 6) is 0. The molecule has 0 spiro atoms. The average molecular weight is 370 g/mol. The summed E-state index contributed by atoms with van der Waals surface area (Å²) < 4.78 is 48.8. The highest BCUT2D eigenvalue weighted by Gasteiger charge is 2.74. The third-order valence-electron chi connectivity index (χ3n) is 5.33. The van der Waals surface area contributed by atoms with Crippen molar-refractivity contribution in [3.05, 3.63) is 0 Å². The molecule has 0 atom stereocenters. The van der Waals surface area contributed by atoms with Crippen LogP contribution in [0.15, 0.2) is 0 Å². The number of rotatable bonds is 2. The Kier molecular flexibility index (Phi) is 4.00. The molecule has 0 bridgehead atoms. The Hall–Kier alpha value is 0.260. The Bertz CT molecular complexity index is 527. The average Bonchev–Trinajstić information content (AvgIpc) is 2.51. The maximum Gasteiger partial charge on any atom is 0.375 e. The fraction of sp³-hybridized carbons (Fsp3) is 1.00. The summed E-state index contributed by atoms with van der Waals surface area (Å²) in [6, 6.07) is 0. The lowest BCUT2D eigenvalue weighted by atomic mass is 9.90. The maximum atomic E-state index is 13.3. The largest absolute Gasteiger partial charge is 0.375 e. The van der Waals surface area contributed by atoms with Crippen LogP contribution in [0.5, 0.6) is 0 Å². The molecule has 7 nitrogen and oxygen atoms in total. The number of hydrogen-bond acceptors (Lipinski definition) is 7. The molecular weight excluding hydrogens is 342 g/mol. The summed E-state index contributed by atoms with van der Waals surface area (Å²) >= 11 is 0. The first-order valence-corrected chi connectivity index (χ1v) is 10.7. The van der Waals surface area contributed by atoms with Gasteiger partial charge >= 0.3 is 15.2 Å². The zero-order valence-corrected chi connectivity index (χ0v) is 17.1. The van der Waals surface area contributed by atoms with Gasteiger partial charge in [0.15, 0.2) is 0 Å². The molecule has 0 aliphatic carbocycles. The molecule has 0 saturated carbocycles. The lowest BCUT2D eigenvalue weighted by molar-refractivity contribution is 0.00578. The highest BCUT2D eigenvalue weighted by atomic mass is 31.2. The van der Waals surface area contributed by atoms with Gasteiger partial charge in [-0.05, 0) is 62.3 Å². The Morgan fingerprint density at radius 3 is 1.00 bits per heavy atom. The molecule has 136 valence electrons. The van der Waals surface area contributed by atoms with Crippen molar-refractivity contribution in [3.8, 4) is 0 Å². The van der Waals surface area contributed by atoms with Crippen LogP contribution in [0.3, 0.4) is 0 Å². The molecule has 2 aliphatic rings. The van der Waals surface area contributed by atoms with Gasteiger partial charge in [-0.25, -0.2) is 0 Å². The van der Waals surface area contributed by atoms with Crippen LogP contribution < -0.4 is 0 Å². The van der Waals surface area contributed by atoms with Gasteiger partial charge in [-0.15, -0.1) is 0 Å². The van der Waals surface area contributed by atoms with Crippen LogP contribution in [0.25, 0.3) is 0 Å². The molecule has 9 heteroatoms. The summed E-state index contributed by atoms with van der Waals surface area (Å²) in [4.78, 5) is 0. The lowest BCUT2D eigenvalue weighted by Gasteiger charge is -2.32. The van der Waals surface area contributed by atoms with Gasteiger partial charge in [0.2, 0.25) is 0 Å². The van der Waals surface area contributed by atoms with Gasteiger partial charge in [-0.1, -0.05) is 0 Å². The molecule has 1 N–H and O–H groups in total. The van der Waals surface area contributed by atoms with Gasteiger partial charge in [0.05, 0.1) is 0 Å². The van der Waals surface area contributed by atoms with Gasteiger partial charge in [0.25, 0.3) is 5.08 Å². The Balaban J connectivity index is 2.49. The molecule has 23 heavy (non-hydrogen) atoms. The van der Waals surface area contributed by atoms with Gasteiger partial charge in [-0.2, -0.15) is 0 Å². The summed E-state index contributed by atoms with van der Waals surface area (Å²) in [6.07, 6.45) is 0. The third-order valence-corrected chi connectivity index (χ3v) is 11.7. The minimum Gasteiger partial charge on any atom is -0.368 e. The first kappa shape index (κ1) is 19.6. The second kappa shape index (κ2) is 4.70. The second-order valence-electron chi connectivity index (χ2n) is 8.37. The highest BCUT2D eigenvalue weighted by Crippen LogP contribution is 2.84. The topological polar surface area (TPSA) is 91.3 Å². The van der Waals surface area contributed by atoms with Crippen molar-refractivity contribution < 1.29 is 32.3 Å². The van der Waals surface area contributed by atoms with Crippen LogP contribution in [-0.4, -0.2) is 32.6 Å². The first-order chi connectivity index (χ1) is 9.83. The zero-order chi connectivity index (χ0) is 18.3. The summed E-state index contributed by atoms with van der Waals surface area (Å²) in [6.45, 7) is 14.7. The van der Waals surface area contributed by atoms with E-state index in [0.717, 1.165) is 6.92 Å². The molecule has 2 fully saturated rings. The number of hydrogen-bond donors (Lipinski definition) is 1. The SMILES string of the molecule is CC1(C)OP(=O)(C(C)(O)P2(=O)OC(C)(C)C(C)(C)O2)OC1(C)C. The van der Waals surface area contributed by atoms with Crippen LogP contribution in [0.2, 0.25) is 0 Å². The Labute approximate surface area is 138 Å². The standard InChI is InChI=1S/C14H28O7P2/c1-10(2)11(3,4)19-22(16,18-10)14(9,15)23(17)20-12(5,6)13(7,8)21-23/h15H,1-9H3. The molecular formula is C14H28O7P2. The Morgan fingerprint density at radius 1 is 0.652 bits per heavy atom. The first-order valence-electron chi connectivity index (χ1n) is 7.58. The second-order valence-corrected chi connectivity index (χ2v) is 13.2. The molecule has 0 radical (unpaired) electrons. The molecule has 0 unspecified atom stereocenters. The fourth-order valence-corrected chi connectivity index (χ4v) is 7.91. The lowest BCUT2D eigenvalue weighted by Crippen LogP contribution is -2.41. The van der Waals surface area contributed by atoms with Gasteiger partial charge in [0.1, 0.15) is 22.4 Å². The predicted molar refractivity (Wildman–Crippen MR) is 86.5 cm³/mol. The van der Waals surface area contributed by atoms with Crippen LogP contribution in [0.1, 0.15) is 62.3 Å². The van der Waals surface area contributed by atoms with E-state index in [-0.39, 0.29) is 0 Å². The van der Waals surface area contributed by atoms with Crippen molar-refractivity contribution >= 4 is 15.2 Å². The third kappa shape index (κ3) is 2.52. The van der Waals surface area contributed by atoms with E-state index in [1.807, 2.05) is 0 Å². The van der Waals surface area contributed by atoms with Crippen molar-refractivity contribution in [2.24, 2.45) is 0 Å². The van der Waals surface area contributed by atoms with E-state index >= 15 is 0 Å². The smallest absolute Gasteiger partial charge is 0.368 e. The van der Waals surface area contributed by atoms with E-state index < -0.39 is 42.7 Å². The van der Waals surface area contributed by atoms with Crippen molar-refractivity contribution in [2.75, 3.05) is 0 Å². The van der Waals surface area contributed by atoms with Gasteiger partial charge < -0.3 is 5.11 Å². The predicted octanol–water partition coefficient (Wildman–Crippen LogP) is 4.25. The maximum absolute atomic E-state index is 13.3. The quantitative estimate of drug-likeness (QED) is 0.727. The van der Waals surface area contributed by atoms with E-state index in [9.17, 15) is 14.2 Å². The van der Waals surface area contributed by atoms with Crippen LogP contribution in [-0.2, 0) is 27.2 Å². The molecule has 2 rings (SSSR count). The summed E-state index contributed by atoms with van der Waals surface area (Å²) in [5, 5.41) is 8.51. The van der Waals surface area contributed by atoms with E-state index in [1.165, 1.54) is 0 Å². The van der Waals surface area contributed by atoms with Crippen molar-refractivity contribution in [3.63, 3.8) is 0 Å². The van der Waals surface area contributed by atoms with Gasteiger partial charge in [0, 0.05) is 0 Å². The molecule has 0 aromatic rings. The fourth-order valence-electron chi connectivity index (χ4n) is 2.17.